The Morgan fingerprint density at radius 2 is 1.31 bits per heavy atom. The second kappa shape index (κ2) is 11.5. The predicted octanol–water partition coefficient (Wildman–Crippen LogP) is -0.315. The summed E-state index contributed by atoms with van der Waals surface area (Å²) >= 11 is 0. The molecule has 7 heteroatoms. The molecule has 82 valence electrons. The summed E-state index contributed by atoms with van der Waals surface area (Å²) in [6.45, 7) is 2.50. The van der Waals surface area contributed by atoms with Crippen molar-refractivity contribution < 1.29 is 40.9 Å². The Bertz CT molecular complexity index is 130. The van der Waals surface area contributed by atoms with E-state index in [1.54, 1.807) is 0 Å². The van der Waals surface area contributed by atoms with Crippen molar-refractivity contribution in [2.24, 2.45) is 0 Å². The Kier molecular flexibility index (Phi) is 16.3. The number of carboxylic acids is 2. The number of carboxylic acid groups (broad SMARTS) is 2. The third kappa shape index (κ3) is 14.4. The van der Waals surface area contributed by atoms with Crippen LogP contribution in [0.15, 0.2) is 0 Å². The molecule has 1 aliphatic heterocycles. The van der Waals surface area contributed by atoms with Crippen molar-refractivity contribution in [2.45, 2.75) is 12.8 Å². The van der Waals surface area contributed by atoms with Crippen LogP contribution >= 0.6 is 0 Å². The van der Waals surface area contributed by atoms with Gasteiger partial charge in [0, 0.05) is 21.1 Å². The quantitative estimate of drug-likeness (QED) is 0.432. The fourth-order valence-electron chi connectivity index (χ4n) is 0.625. The summed E-state index contributed by atoms with van der Waals surface area (Å²) in [6.07, 6.45) is 2.78. The first-order chi connectivity index (χ1) is 5.14. The van der Waals surface area contributed by atoms with Crippen molar-refractivity contribution in [3.05, 3.63) is 0 Å². The molecule has 13 heavy (non-hydrogen) atoms. The number of rotatable bonds is 0. The van der Waals surface area contributed by atoms with Crippen LogP contribution in [0, 0.1) is 0 Å². The largest absolute Gasteiger partial charge is 0.473 e. The van der Waals surface area contributed by atoms with Crippen molar-refractivity contribution in [1.29, 1.82) is 0 Å². The molecule has 1 fully saturated rings. The molecule has 0 saturated carbocycles. The molecule has 0 aromatic heterocycles. The van der Waals surface area contributed by atoms with Gasteiger partial charge in [-0.2, -0.15) is 0 Å². The molecular formula is C6H14N2O4Pt. The van der Waals surface area contributed by atoms with Gasteiger partial charge in [0.2, 0.25) is 0 Å². The van der Waals surface area contributed by atoms with Gasteiger partial charge in [0.1, 0.15) is 0 Å². The van der Waals surface area contributed by atoms with Gasteiger partial charge < -0.3 is 21.7 Å². The topological polar surface area (TPSA) is 122 Å². The molecule has 0 radical (unpaired) electrons. The maximum Gasteiger partial charge on any atom is 0.414 e. The van der Waals surface area contributed by atoms with E-state index in [4.69, 9.17) is 19.8 Å². The Hall–Kier alpha value is -0.452. The molecule has 0 bridgehead atoms. The molecule has 0 aromatic carbocycles. The van der Waals surface area contributed by atoms with E-state index in [0.29, 0.717) is 0 Å². The molecule has 1 saturated heterocycles. The van der Waals surface area contributed by atoms with Crippen LogP contribution < -0.4 is 11.5 Å². The van der Waals surface area contributed by atoms with E-state index in [-0.39, 0.29) is 27.2 Å². The van der Waals surface area contributed by atoms with E-state index in [0.717, 1.165) is 0 Å². The summed E-state index contributed by atoms with van der Waals surface area (Å²) in [4.78, 5) is 18.2. The molecule has 1 heterocycles. The van der Waals surface area contributed by atoms with Gasteiger partial charge in [0.05, 0.1) is 0 Å². The van der Waals surface area contributed by atoms with Crippen LogP contribution in [0.5, 0.6) is 0 Å². The number of carbonyl (C=O) groups is 2. The van der Waals surface area contributed by atoms with E-state index >= 15 is 0 Å². The Morgan fingerprint density at radius 3 is 1.38 bits per heavy atom. The minimum Gasteiger partial charge on any atom is -0.473 e. The summed E-state index contributed by atoms with van der Waals surface area (Å²) in [6, 6.07) is 0. The molecule has 0 aromatic rings. The normalized spacial score (nSPS) is 12.6. The van der Waals surface area contributed by atoms with E-state index in [1.165, 1.54) is 25.9 Å². The molecule has 1 rings (SSSR count). The zero-order valence-electron chi connectivity index (χ0n) is 7.06. The van der Waals surface area contributed by atoms with Crippen LogP contribution in [0.4, 0.5) is 0 Å². The molecule has 0 aliphatic carbocycles. The minimum atomic E-state index is -1.82. The standard InChI is InChI=1S/C4H9N.C2H2O4.H3N.Pt/c1-2-4-5-3-1;3-1(4)2(5)6;;/h5H,1-4H2;(H,3,4)(H,5,6);1H3;. The van der Waals surface area contributed by atoms with Crippen molar-refractivity contribution >= 4 is 11.9 Å². The minimum absolute atomic E-state index is 0. The summed E-state index contributed by atoms with van der Waals surface area (Å²) in [7, 11) is 0. The second-order valence-electron chi connectivity index (χ2n) is 2.07. The molecule has 0 amide bonds. The van der Waals surface area contributed by atoms with E-state index in [1.807, 2.05) is 0 Å². The van der Waals surface area contributed by atoms with Crippen LogP contribution in [0.3, 0.4) is 0 Å². The van der Waals surface area contributed by atoms with E-state index in [2.05, 4.69) is 5.32 Å². The van der Waals surface area contributed by atoms with Crippen LogP contribution in [0.25, 0.3) is 0 Å². The summed E-state index contributed by atoms with van der Waals surface area (Å²) in [5, 5.41) is 18.0. The van der Waals surface area contributed by atoms with Gasteiger partial charge in [-0.25, -0.2) is 9.59 Å². The fourth-order valence-corrected chi connectivity index (χ4v) is 0.625. The van der Waals surface area contributed by atoms with Crippen LogP contribution in [0.1, 0.15) is 12.8 Å². The molecule has 6 N–H and O–H groups in total. The first-order valence-corrected chi connectivity index (χ1v) is 3.31. The molecule has 1 aliphatic rings. The molecule has 0 unspecified atom stereocenters. The van der Waals surface area contributed by atoms with Gasteiger partial charge in [0.15, 0.2) is 0 Å². The van der Waals surface area contributed by atoms with Gasteiger partial charge in [-0.15, -0.1) is 0 Å². The van der Waals surface area contributed by atoms with Gasteiger partial charge in [-0.1, -0.05) is 0 Å². The molecule has 0 spiro atoms. The van der Waals surface area contributed by atoms with Crippen molar-refractivity contribution in [3.63, 3.8) is 0 Å². The smallest absolute Gasteiger partial charge is 0.414 e. The number of hydrogen-bond acceptors (Lipinski definition) is 4. The van der Waals surface area contributed by atoms with Crippen molar-refractivity contribution in [2.75, 3.05) is 13.1 Å². The summed E-state index contributed by atoms with van der Waals surface area (Å²) in [5.41, 5.74) is 0. The SMILES string of the molecule is C1CCNC1.N.O=C(O)C(=O)O.[Pt]. The van der Waals surface area contributed by atoms with Crippen LogP contribution in [-0.4, -0.2) is 35.2 Å². The number of nitrogens with one attached hydrogen (secondary N) is 1. The van der Waals surface area contributed by atoms with Crippen LogP contribution in [-0.2, 0) is 30.7 Å². The van der Waals surface area contributed by atoms with Crippen LogP contribution in [0.2, 0.25) is 0 Å². The van der Waals surface area contributed by atoms with E-state index in [9.17, 15) is 0 Å². The Labute approximate surface area is 90.5 Å². The zero-order valence-corrected chi connectivity index (χ0v) is 9.33. The molecule has 6 nitrogen and oxygen atoms in total. The van der Waals surface area contributed by atoms with E-state index < -0.39 is 11.9 Å². The van der Waals surface area contributed by atoms with Gasteiger partial charge in [0.25, 0.3) is 0 Å². The average Bonchev–Trinajstić information content (AvgIpc) is 2.41. The van der Waals surface area contributed by atoms with Crippen molar-refractivity contribution in [3.8, 4) is 0 Å². The Morgan fingerprint density at radius 1 is 1.00 bits per heavy atom. The third-order valence-corrected chi connectivity index (χ3v) is 1.14. The second-order valence-corrected chi connectivity index (χ2v) is 2.07. The fraction of sp³-hybridized carbons (Fsp3) is 0.667. The summed E-state index contributed by atoms with van der Waals surface area (Å²) in [5.74, 6) is -3.65. The van der Waals surface area contributed by atoms with Gasteiger partial charge in [-0.3, -0.25) is 0 Å². The number of aliphatic carboxylic acids is 2. The molecule has 0 atom stereocenters. The maximum atomic E-state index is 9.10. The Balaban J connectivity index is -0.000000134. The third-order valence-electron chi connectivity index (χ3n) is 1.14. The van der Waals surface area contributed by atoms with Gasteiger partial charge in [-0.05, 0) is 25.9 Å². The monoisotopic (exact) mass is 373 g/mol. The van der Waals surface area contributed by atoms with Gasteiger partial charge >= 0.3 is 11.9 Å². The predicted molar refractivity (Wildman–Crippen MR) is 42.4 cm³/mol. The first-order valence-electron chi connectivity index (χ1n) is 3.31. The number of hydrogen-bond donors (Lipinski definition) is 4. The molecular weight excluding hydrogens is 359 g/mol. The maximum absolute atomic E-state index is 9.10. The first kappa shape index (κ1) is 18.4. The van der Waals surface area contributed by atoms with Crippen molar-refractivity contribution in [1.82, 2.24) is 11.5 Å². The average molecular weight is 373 g/mol. The summed E-state index contributed by atoms with van der Waals surface area (Å²) < 4.78 is 0. The zero-order chi connectivity index (χ0) is 8.69.